The third kappa shape index (κ3) is 5.99. The lowest BCUT2D eigenvalue weighted by molar-refractivity contribution is -0.122. The van der Waals surface area contributed by atoms with Crippen molar-refractivity contribution in [3.63, 3.8) is 0 Å². The molecule has 2 aliphatic heterocycles. The number of amides is 2. The number of carbonyl (C=O) groups excluding carboxylic acids is 2. The fourth-order valence-corrected chi connectivity index (χ4v) is 5.21. The number of hydrogen-bond acceptors (Lipinski definition) is 5. The lowest BCUT2D eigenvalue weighted by Crippen LogP contribution is -2.45. The van der Waals surface area contributed by atoms with E-state index in [2.05, 4.69) is 26.9 Å². The van der Waals surface area contributed by atoms with Gasteiger partial charge in [-0.15, -0.1) is 11.3 Å². The van der Waals surface area contributed by atoms with Gasteiger partial charge in [0, 0.05) is 48.3 Å². The molecule has 6 nitrogen and oxygen atoms in total. The minimum Gasteiger partial charge on any atom is -0.371 e. The predicted octanol–water partition coefficient (Wildman–Crippen LogP) is 3.56. The minimum atomic E-state index is -0.439. The highest BCUT2D eigenvalue weighted by Gasteiger charge is 2.23. The Morgan fingerprint density at radius 2 is 1.87 bits per heavy atom. The summed E-state index contributed by atoms with van der Waals surface area (Å²) < 4.78 is 0.834. The molecule has 2 saturated heterocycles. The lowest BCUT2D eigenvalue weighted by atomic mass is 10.0. The molecule has 0 spiro atoms. The molecule has 3 heterocycles. The van der Waals surface area contributed by atoms with Crippen molar-refractivity contribution in [1.82, 2.24) is 16.0 Å². The average Bonchev–Trinajstić information content (AvgIpc) is 3.11. The molecule has 4 rings (SSSR count). The Hall–Kier alpha value is -2.09. The number of anilines is 1. The summed E-state index contributed by atoms with van der Waals surface area (Å²) in [5.41, 5.74) is 1.72. The van der Waals surface area contributed by atoms with Gasteiger partial charge in [-0.1, -0.05) is 11.6 Å². The van der Waals surface area contributed by atoms with Crippen molar-refractivity contribution >= 4 is 40.4 Å². The van der Waals surface area contributed by atoms with E-state index in [-0.39, 0.29) is 11.8 Å². The number of thiophene rings is 1. The Labute approximate surface area is 192 Å². The number of carbonyl (C=O) groups is 2. The summed E-state index contributed by atoms with van der Waals surface area (Å²) in [7, 11) is 0. The SMILES string of the molecule is O=C(N[C@H]1CCCCNC1=O)c1ccc(N2CCC(NCc3ccc(Cl)s3)CC2)cc1. The highest BCUT2D eigenvalue weighted by molar-refractivity contribution is 7.16. The van der Waals surface area contributed by atoms with Gasteiger partial charge < -0.3 is 20.9 Å². The molecular weight excluding hydrogens is 432 g/mol. The molecule has 1 aromatic carbocycles. The maximum Gasteiger partial charge on any atom is 0.251 e. The van der Waals surface area contributed by atoms with Gasteiger partial charge in [0.05, 0.1) is 4.34 Å². The van der Waals surface area contributed by atoms with E-state index < -0.39 is 6.04 Å². The van der Waals surface area contributed by atoms with Crippen LogP contribution in [-0.4, -0.2) is 43.5 Å². The van der Waals surface area contributed by atoms with Gasteiger partial charge in [-0.05, 0) is 68.5 Å². The van der Waals surface area contributed by atoms with Crippen molar-refractivity contribution in [2.24, 2.45) is 0 Å². The van der Waals surface area contributed by atoms with Gasteiger partial charge in [0.15, 0.2) is 0 Å². The Balaban J connectivity index is 1.25. The standard InChI is InChI=1S/C23H29ClN4O2S/c24-21-9-8-19(31-21)15-26-17-10-13-28(14-11-17)18-6-4-16(5-7-18)22(29)27-20-3-1-2-12-25-23(20)30/h4-9,17,20,26H,1-3,10-15H2,(H,25,30)(H,27,29)/t20-/m0/s1. The Morgan fingerprint density at radius 3 is 2.58 bits per heavy atom. The molecule has 3 N–H and O–H groups in total. The van der Waals surface area contributed by atoms with Crippen molar-refractivity contribution in [3.05, 3.63) is 51.2 Å². The summed E-state index contributed by atoms with van der Waals surface area (Å²) in [6, 6.07) is 11.8. The molecular formula is C23H29ClN4O2S. The van der Waals surface area contributed by atoms with Crippen LogP contribution in [0.3, 0.4) is 0 Å². The molecule has 1 atom stereocenters. The largest absolute Gasteiger partial charge is 0.371 e. The van der Waals surface area contributed by atoms with Crippen LogP contribution in [-0.2, 0) is 11.3 Å². The summed E-state index contributed by atoms with van der Waals surface area (Å²) >= 11 is 7.63. The number of hydrogen-bond donors (Lipinski definition) is 3. The first-order chi connectivity index (χ1) is 15.1. The smallest absolute Gasteiger partial charge is 0.251 e. The second-order valence-electron chi connectivity index (χ2n) is 8.21. The molecule has 0 bridgehead atoms. The molecule has 166 valence electrons. The normalized spacial score (nSPS) is 20.2. The first-order valence-electron chi connectivity index (χ1n) is 11.0. The van der Waals surface area contributed by atoms with E-state index in [1.807, 2.05) is 30.3 Å². The van der Waals surface area contributed by atoms with Crippen molar-refractivity contribution < 1.29 is 9.59 Å². The van der Waals surface area contributed by atoms with Crippen LogP contribution in [0.5, 0.6) is 0 Å². The van der Waals surface area contributed by atoms with Crippen LogP contribution < -0.4 is 20.9 Å². The molecule has 31 heavy (non-hydrogen) atoms. The van der Waals surface area contributed by atoms with Gasteiger partial charge in [0.2, 0.25) is 5.91 Å². The first kappa shape index (κ1) is 22.1. The monoisotopic (exact) mass is 460 g/mol. The summed E-state index contributed by atoms with van der Waals surface area (Å²) in [6.07, 6.45) is 4.75. The van der Waals surface area contributed by atoms with Gasteiger partial charge in [-0.2, -0.15) is 0 Å². The number of rotatable bonds is 6. The molecule has 2 amide bonds. The zero-order valence-corrected chi connectivity index (χ0v) is 19.1. The highest BCUT2D eigenvalue weighted by Crippen LogP contribution is 2.23. The van der Waals surface area contributed by atoms with Crippen molar-refractivity contribution in [2.75, 3.05) is 24.5 Å². The van der Waals surface area contributed by atoms with E-state index in [9.17, 15) is 9.59 Å². The number of nitrogens with zero attached hydrogens (tertiary/aromatic N) is 1. The molecule has 1 aromatic heterocycles. The van der Waals surface area contributed by atoms with Gasteiger partial charge in [-0.3, -0.25) is 9.59 Å². The third-order valence-corrected chi connectivity index (χ3v) is 7.26. The van der Waals surface area contributed by atoms with Gasteiger partial charge in [-0.25, -0.2) is 0 Å². The topological polar surface area (TPSA) is 73.5 Å². The number of nitrogens with one attached hydrogen (secondary N) is 3. The predicted molar refractivity (Wildman–Crippen MR) is 126 cm³/mol. The lowest BCUT2D eigenvalue weighted by Gasteiger charge is -2.34. The molecule has 2 aromatic rings. The average molecular weight is 461 g/mol. The number of benzene rings is 1. The second-order valence-corrected chi connectivity index (χ2v) is 10.0. The summed E-state index contributed by atoms with van der Waals surface area (Å²) in [6.45, 7) is 3.52. The zero-order valence-electron chi connectivity index (χ0n) is 17.5. The van der Waals surface area contributed by atoms with E-state index in [4.69, 9.17) is 11.6 Å². The summed E-state index contributed by atoms with van der Waals surface area (Å²) in [4.78, 5) is 28.3. The van der Waals surface area contributed by atoms with Crippen molar-refractivity contribution in [1.29, 1.82) is 0 Å². The van der Waals surface area contributed by atoms with Crippen LogP contribution in [0.4, 0.5) is 5.69 Å². The second kappa shape index (κ2) is 10.5. The van der Waals surface area contributed by atoms with E-state index in [0.29, 0.717) is 24.6 Å². The maximum absolute atomic E-state index is 12.6. The fourth-order valence-electron chi connectivity index (χ4n) is 4.18. The Morgan fingerprint density at radius 1 is 1.10 bits per heavy atom. The molecule has 2 aliphatic rings. The third-order valence-electron chi connectivity index (χ3n) is 6.02. The molecule has 0 aliphatic carbocycles. The summed E-state index contributed by atoms with van der Waals surface area (Å²) in [5.74, 6) is -0.272. The minimum absolute atomic E-state index is 0.0823. The quantitative estimate of drug-likeness (QED) is 0.616. The van der Waals surface area contributed by atoms with Crippen LogP contribution in [0.2, 0.25) is 4.34 Å². The van der Waals surface area contributed by atoms with E-state index in [1.54, 1.807) is 11.3 Å². The van der Waals surface area contributed by atoms with Gasteiger partial charge >= 0.3 is 0 Å². The van der Waals surface area contributed by atoms with Gasteiger partial charge in [0.1, 0.15) is 6.04 Å². The van der Waals surface area contributed by atoms with Crippen LogP contribution in [0.25, 0.3) is 0 Å². The van der Waals surface area contributed by atoms with Crippen LogP contribution >= 0.6 is 22.9 Å². The molecule has 0 radical (unpaired) electrons. The molecule has 0 unspecified atom stereocenters. The van der Waals surface area contributed by atoms with Crippen molar-refractivity contribution in [3.8, 4) is 0 Å². The zero-order chi connectivity index (χ0) is 21.6. The number of halogens is 1. The fraction of sp³-hybridized carbons (Fsp3) is 0.478. The molecule has 8 heteroatoms. The van der Waals surface area contributed by atoms with Crippen LogP contribution in [0.15, 0.2) is 36.4 Å². The van der Waals surface area contributed by atoms with E-state index >= 15 is 0 Å². The Bertz CT molecular complexity index is 893. The highest BCUT2D eigenvalue weighted by atomic mass is 35.5. The van der Waals surface area contributed by atoms with E-state index in [1.165, 1.54) is 4.88 Å². The van der Waals surface area contributed by atoms with Crippen LogP contribution in [0.1, 0.15) is 47.3 Å². The Kier molecular flexibility index (Phi) is 7.48. The summed E-state index contributed by atoms with van der Waals surface area (Å²) in [5, 5.41) is 9.37. The number of piperidine rings is 1. The van der Waals surface area contributed by atoms with Crippen molar-refractivity contribution in [2.45, 2.75) is 50.7 Å². The maximum atomic E-state index is 12.6. The molecule has 2 fully saturated rings. The first-order valence-corrected chi connectivity index (χ1v) is 12.2. The van der Waals surface area contributed by atoms with Crippen LogP contribution in [0, 0.1) is 0 Å². The van der Waals surface area contributed by atoms with E-state index in [0.717, 1.165) is 55.3 Å². The van der Waals surface area contributed by atoms with Gasteiger partial charge in [0.25, 0.3) is 5.91 Å². The molecule has 0 saturated carbocycles.